The number of anilines is 4. The number of rotatable bonds is 6. The number of tetrazole rings is 1. The first kappa shape index (κ1) is 19.9. The standard InChI is InChI=1S/C21H17N11O/c1-13-27-29-30-31(13)15-5-3-4-14(8-15)25-20-9-18(21-24-11-16(10-22)32(21)28-20)26-19-7-6-17(33-2)12-23-19/h3-9,11-12H,1-2H3,(H,23,26)(H,25,28). The SMILES string of the molecule is COc1ccc(Nc2cc(Nc3cccc(-n4nnnc4C)c3)nn3c(C#N)cnc23)nc1. The molecule has 4 aromatic heterocycles. The van der Waals surface area contributed by atoms with Crippen molar-refractivity contribution in [3.05, 3.63) is 66.4 Å². The summed E-state index contributed by atoms with van der Waals surface area (Å²) in [5.74, 6) is 2.40. The second kappa shape index (κ2) is 8.23. The van der Waals surface area contributed by atoms with Crippen LogP contribution < -0.4 is 15.4 Å². The highest BCUT2D eigenvalue weighted by molar-refractivity contribution is 5.76. The molecule has 0 atom stereocenters. The molecule has 5 rings (SSSR count). The number of aryl methyl sites for hydroxylation is 1. The lowest BCUT2D eigenvalue weighted by Gasteiger charge is -2.12. The van der Waals surface area contributed by atoms with E-state index < -0.39 is 0 Å². The first-order valence-corrected chi connectivity index (χ1v) is 9.83. The third-order valence-corrected chi connectivity index (χ3v) is 4.81. The van der Waals surface area contributed by atoms with Gasteiger partial charge in [-0.3, -0.25) is 0 Å². The van der Waals surface area contributed by atoms with Gasteiger partial charge >= 0.3 is 0 Å². The summed E-state index contributed by atoms with van der Waals surface area (Å²) in [6.45, 7) is 1.82. The molecule has 0 saturated heterocycles. The smallest absolute Gasteiger partial charge is 0.179 e. The van der Waals surface area contributed by atoms with Gasteiger partial charge in [0.1, 0.15) is 17.6 Å². The Balaban J connectivity index is 1.52. The van der Waals surface area contributed by atoms with Crippen molar-refractivity contribution in [3.63, 3.8) is 0 Å². The maximum Gasteiger partial charge on any atom is 0.179 e. The van der Waals surface area contributed by atoms with Gasteiger partial charge < -0.3 is 15.4 Å². The molecule has 0 aliphatic rings. The average Bonchev–Trinajstić information content (AvgIpc) is 3.45. The van der Waals surface area contributed by atoms with Crippen molar-refractivity contribution in [1.82, 2.24) is 39.8 Å². The van der Waals surface area contributed by atoms with Crippen LogP contribution in [-0.2, 0) is 0 Å². The quantitative estimate of drug-likeness (QED) is 0.405. The fourth-order valence-corrected chi connectivity index (χ4v) is 3.24. The van der Waals surface area contributed by atoms with E-state index >= 15 is 0 Å². The van der Waals surface area contributed by atoms with Gasteiger partial charge in [0.15, 0.2) is 23.0 Å². The number of ether oxygens (including phenoxy) is 1. The molecule has 0 radical (unpaired) electrons. The number of benzene rings is 1. The maximum atomic E-state index is 9.47. The summed E-state index contributed by atoms with van der Waals surface area (Å²) >= 11 is 0. The number of aromatic nitrogens is 8. The van der Waals surface area contributed by atoms with E-state index in [0.717, 1.165) is 11.4 Å². The van der Waals surface area contributed by atoms with Crippen LogP contribution in [0.4, 0.5) is 23.0 Å². The Hall–Kier alpha value is -5.05. The number of nitriles is 1. The molecule has 0 aliphatic carbocycles. The predicted molar refractivity (Wildman–Crippen MR) is 119 cm³/mol. The maximum absolute atomic E-state index is 9.47. The summed E-state index contributed by atoms with van der Waals surface area (Å²) < 4.78 is 8.27. The Morgan fingerprint density at radius 2 is 1.94 bits per heavy atom. The number of imidazole rings is 1. The van der Waals surface area contributed by atoms with E-state index in [9.17, 15) is 5.26 Å². The van der Waals surface area contributed by atoms with Crippen LogP contribution in [0.5, 0.6) is 5.75 Å². The van der Waals surface area contributed by atoms with Crippen LogP contribution in [-0.4, -0.2) is 46.9 Å². The molecule has 0 aliphatic heterocycles. The van der Waals surface area contributed by atoms with Crippen LogP contribution >= 0.6 is 0 Å². The molecule has 12 heteroatoms. The second-order valence-electron chi connectivity index (χ2n) is 6.96. The zero-order valence-electron chi connectivity index (χ0n) is 17.6. The number of pyridine rings is 1. The number of hydrogen-bond acceptors (Lipinski definition) is 10. The van der Waals surface area contributed by atoms with Gasteiger partial charge in [-0.2, -0.15) is 14.5 Å². The molecule has 0 bridgehead atoms. The van der Waals surface area contributed by atoms with Gasteiger partial charge in [0.05, 0.1) is 30.9 Å². The summed E-state index contributed by atoms with van der Waals surface area (Å²) in [4.78, 5) is 8.67. The highest BCUT2D eigenvalue weighted by atomic mass is 16.5. The molecule has 0 spiro atoms. The molecule has 162 valence electrons. The fourth-order valence-electron chi connectivity index (χ4n) is 3.24. The lowest BCUT2D eigenvalue weighted by atomic mass is 10.2. The van der Waals surface area contributed by atoms with E-state index in [1.54, 1.807) is 36.2 Å². The van der Waals surface area contributed by atoms with E-state index in [-0.39, 0.29) is 0 Å². The third kappa shape index (κ3) is 3.86. The van der Waals surface area contributed by atoms with Gasteiger partial charge in [0.25, 0.3) is 0 Å². The summed E-state index contributed by atoms with van der Waals surface area (Å²) in [6.07, 6.45) is 3.08. The summed E-state index contributed by atoms with van der Waals surface area (Å²) in [5.41, 5.74) is 2.98. The third-order valence-electron chi connectivity index (χ3n) is 4.81. The Bertz CT molecular complexity index is 1480. The minimum Gasteiger partial charge on any atom is -0.495 e. The van der Waals surface area contributed by atoms with Crippen molar-refractivity contribution in [2.24, 2.45) is 0 Å². The van der Waals surface area contributed by atoms with Crippen LogP contribution in [0.3, 0.4) is 0 Å². The van der Waals surface area contributed by atoms with Crippen LogP contribution in [0.1, 0.15) is 11.5 Å². The van der Waals surface area contributed by atoms with Crippen LogP contribution in [0.15, 0.2) is 54.9 Å². The fraction of sp³-hybridized carbons (Fsp3) is 0.0952. The number of hydrogen-bond donors (Lipinski definition) is 2. The number of fused-ring (bicyclic) bond motifs is 1. The van der Waals surface area contributed by atoms with Crippen LogP contribution in [0.25, 0.3) is 11.3 Å². The minimum absolute atomic E-state index is 0.303. The molecule has 12 nitrogen and oxygen atoms in total. The lowest BCUT2D eigenvalue weighted by Crippen LogP contribution is -2.05. The minimum atomic E-state index is 0.303. The van der Waals surface area contributed by atoms with Gasteiger partial charge in [-0.25, -0.2) is 9.97 Å². The van der Waals surface area contributed by atoms with Crippen molar-refractivity contribution in [1.29, 1.82) is 5.26 Å². The number of nitrogens with one attached hydrogen (secondary N) is 2. The van der Waals surface area contributed by atoms with E-state index in [0.29, 0.717) is 40.2 Å². The van der Waals surface area contributed by atoms with Crippen molar-refractivity contribution in [3.8, 4) is 17.5 Å². The largest absolute Gasteiger partial charge is 0.495 e. The summed E-state index contributed by atoms with van der Waals surface area (Å²) in [6, 6.07) is 15.1. The second-order valence-corrected chi connectivity index (χ2v) is 6.96. The summed E-state index contributed by atoms with van der Waals surface area (Å²) in [7, 11) is 1.58. The zero-order chi connectivity index (χ0) is 22.8. The van der Waals surface area contributed by atoms with E-state index in [1.165, 1.54) is 10.7 Å². The topological polar surface area (TPSA) is 144 Å². The molecule has 0 unspecified atom stereocenters. The van der Waals surface area contributed by atoms with E-state index in [2.05, 4.69) is 47.3 Å². The molecule has 1 aromatic carbocycles. The van der Waals surface area contributed by atoms with E-state index in [4.69, 9.17) is 4.74 Å². The molecule has 2 N–H and O–H groups in total. The Morgan fingerprint density at radius 3 is 2.67 bits per heavy atom. The monoisotopic (exact) mass is 439 g/mol. The van der Waals surface area contributed by atoms with Crippen LogP contribution in [0.2, 0.25) is 0 Å². The van der Waals surface area contributed by atoms with E-state index in [1.807, 2.05) is 31.2 Å². The van der Waals surface area contributed by atoms with Crippen molar-refractivity contribution in [2.45, 2.75) is 6.92 Å². The molecule has 5 aromatic rings. The Morgan fingerprint density at radius 1 is 1.03 bits per heavy atom. The average molecular weight is 439 g/mol. The normalized spacial score (nSPS) is 10.7. The molecular formula is C21H17N11O. The van der Waals surface area contributed by atoms with Crippen molar-refractivity contribution < 1.29 is 4.74 Å². The van der Waals surface area contributed by atoms with Gasteiger partial charge in [-0.15, -0.1) is 10.2 Å². The van der Waals surface area contributed by atoms with Gasteiger partial charge in [-0.05, 0) is 47.7 Å². The van der Waals surface area contributed by atoms with Gasteiger partial charge in [-0.1, -0.05) is 6.07 Å². The van der Waals surface area contributed by atoms with Crippen LogP contribution in [0, 0.1) is 18.3 Å². The molecule has 4 heterocycles. The number of methoxy groups -OCH3 is 1. The first-order chi connectivity index (χ1) is 16.1. The van der Waals surface area contributed by atoms with Crippen molar-refractivity contribution in [2.75, 3.05) is 17.7 Å². The van der Waals surface area contributed by atoms with Gasteiger partial charge in [0, 0.05) is 11.8 Å². The molecular weight excluding hydrogens is 422 g/mol. The molecule has 0 fully saturated rings. The lowest BCUT2D eigenvalue weighted by molar-refractivity contribution is 0.413. The summed E-state index contributed by atoms with van der Waals surface area (Å²) in [5, 5.41) is 32.1. The number of nitrogens with zero attached hydrogens (tertiary/aromatic N) is 9. The highest BCUT2D eigenvalue weighted by Crippen LogP contribution is 2.26. The van der Waals surface area contributed by atoms with Gasteiger partial charge in [0.2, 0.25) is 0 Å². The first-order valence-electron chi connectivity index (χ1n) is 9.83. The molecule has 0 amide bonds. The zero-order valence-corrected chi connectivity index (χ0v) is 17.6. The predicted octanol–water partition coefficient (Wildman–Crippen LogP) is 2.78. The molecule has 33 heavy (non-hydrogen) atoms. The van der Waals surface area contributed by atoms with Crippen molar-refractivity contribution >= 4 is 28.7 Å². The Labute approximate surface area is 187 Å². The highest BCUT2D eigenvalue weighted by Gasteiger charge is 2.13. The molecule has 0 saturated carbocycles. The Kier molecular flexibility index (Phi) is 4.96.